The summed E-state index contributed by atoms with van der Waals surface area (Å²) in [6.45, 7) is 5.90. The van der Waals surface area contributed by atoms with E-state index in [2.05, 4.69) is 45.2 Å². The lowest BCUT2D eigenvalue weighted by atomic mass is 9.99. The molecular weight excluding hydrogens is 482 g/mol. The van der Waals surface area contributed by atoms with Crippen molar-refractivity contribution < 1.29 is 23.9 Å². The van der Waals surface area contributed by atoms with Crippen molar-refractivity contribution in [3.8, 4) is 0 Å². The van der Waals surface area contributed by atoms with Gasteiger partial charge < -0.3 is 10.1 Å². The number of methoxy groups -OCH3 is 1. The number of nitrogens with one attached hydrogen (secondary N) is 3. The fraction of sp³-hybridized carbons (Fsp3) is 0.233. The number of allylic oxidation sites excluding steroid dienone is 1. The Hall–Kier alpha value is -4.36. The van der Waals surface area contributed by atoms with Gasteiger partial charge in [-0.05, 0) is 48.7 Å². The van der Waals surface area contributed by atoms with Crippen LogP contribution in [0.1, 0.15) is 48.3 Å². The second-order valence-corrected chi connectivity index (χ2v) is 8.41. The fourth-order valence-electron chi connectivity index (χ4n) is 3.64. The van der Waals surface area contributed by atoms with Gasteiger partial charge in [-0.25, -0.2) is 9.59 Å². The number of hydrazine groups is 1. The molecule has 0 heterocycles. The Morgan fingerprint density at radius 1 is 0.947 bits per heavy atom. The normalized spacial score (nSPS) is 11.4. The van der Waals surface area contributed by atoms with Crippen molar-refractivity contribution >= 4 is 34.4 Å². The van der Waals surface area contributed by atoms with Crippen LogP contribution in [0.2, 0.25) is 0 Å². The highest BCUT2D eigenvalue weighted by Gasteiger charge is 2.16. The number of rotatable bonds is 10. The highest BCUT2D eigenvalue weighted by atomic mass is 16.5. The van der Waals surface area contributed by atoms with Gasteiger partial charge in [0.1, 0.15) is 5.94 Å². The minimum absolute atomic E-state index is 0.121. The van der Waals surface area contributed by atoms with Crippen molar-refractivity contribution in [1.29, 1.82) is 0 Å². The maximum absolute atomic E-state index is 13.1. The van der Waals surface area contributed by atoms with E-state index in [0.717, 1.165) is 28.0 Å². The Morgan fingerprint density at radius 2 is 1.63 bits per heavy atom. The molecule has 8 nitrogen and oxygen atoms in total. The number of esters is 1. The third-order valence-corrected chi connectivity index (χ3v) is 5.58. The maximum Gasteiger partial charge on any atom is 0.333 e. The molecule has 1 amide bonds. The van der Waals surface area contributed by atoms with Gasteiger partial charge in [0.25, 0.3) is 5.91 Å². The second kappa shape index (κ2) is 15.7. The first-order valence-corrected chi connectivity index (χ1v) is 12.1. The number of carbonyl (C=O) groups is 3. The highest BCUT2D eigenvalue weighted by Crippen LogP contribution is 2.24. The zero-order valence-corrected chi connectivity index (χ0v) is 22.0. The predicted octanol–water partition coefficient (Wildman–Crippen LogP) is 4.01. The van der Waals surface area contributed by atoms with Crippen LogP contribution in [-0.2, 0) is 25.7 Å². The van der Waals surface area contributed by atoms with Gasteiger partial charge in [-0.1, -0.05) is 66.7 Å². The van der Waals surface area contributed by atoms with E-state index in [0.29, 0.717) is 24.2 Å². The summed E-state index contributed by atoms with van der Waals surface area (Å²) in [5.41, 5.74) is 9.23. The molecule has 0 radical (unpaired) electrons. The van der Waals surface area contributed by atoms with Crippen molar-refractivity contribution in [3.63, 3.8) is 0 Å². The average molecular weight is 516 g/mol. The Kier molecular flexibility index (Phi) is 12.3. The van der Waals surface area contributed by atoms with Crippen molar-refractivity contribution in [2.75, 3.05) is 13.7 Å². The minimum atomic E-state index is -0.353. The summed E-state index contributed by atoms with van der Waals surface area (Å²) in [4.78, 5) is 43.4. The fourth-order valence-corrected chi connectivity index (χ4v) is 3.64. The predicted molar refractivity (Wildman–Crippen MR) is 148 cm³/mol. The lowest BCUT2D eigenvalue weighted by Gasteiger charge is -2.18. The number of ether oxygens (including phenoxy) is 1. The maximum atomic E-state index is 13.1. The van der Waals surface area contributed by atoms with E-state index >= 15 is 0 Å². The van der Waals surface area contributed by atoms with Gasteiger partial charge in [-0.3, -0.25) is 20.4 Å². The molecule has 0 saturated heterocycles. The van der Waals surface area contributed by atoms with E-state index in [9.17, 15) is 19.2 Å². The van der Waals surface area contributed by atoms with Crippen LogP contribution in [0.5, 0.6) is 0 Å². The highest BCUT2D eigenvalue weighted by molar-refractivity contribution is 5.96. The summed E-state index contributed by atoms with van der Waals surface area (Å²) >= 11 is 0. The molecule has 198 valence electrons. The number of carbonyl (C=O) groups excluding carboxylic acids is 4. The zero-order valence-electron chi connectivity index (χ0n) is 22.0. The average Bonchev–Trinajstić information content (AvgIpc) is 2.92. The van der Waals surface area contributed by atoms with Crippen LogP contribution in [0.3, 0.4) is 0 Å². The van der Waals surface area contributed by atoms with Crippen LogP contribution < -0.4 is 16.2 Å². The molecule has 3 N–H and O–H groups in total. The third-order valence-electron chi connectivity index (χ3n) is 5.58. The Bertz CT molecular complexity index is 1340. The van der Waals surface area contributed by atoms with Gasteiger partial charge in [0.15, 0.2) is 5.78 Å². The van der Waals surface area contributed by atoms with Gasteiger partial charge in [0.05, 0.1) is 19.2 Å². The van der Waals surface area contributed by atoms with E-state index in [1.54, 1.807) is 13.0 Å². The van der Waals surface area contributed by atoms with Crippen LogP contribution in [0.4, 0.5) is 0 Å². The van der Waals surface area contributed by atoms with E-state index in [1.807, 2.05) is 49.4 Å². The van der Waals surface area contributed by atoms with Gasteiger partial charge in [-0.15, -0.1) is 0 Å². The SMILES string of the molecule is CC(=O)C=C=O.COC(=O)/C(C)=C/CNNCc1ccccc1C(=O)NC(C)c1cccc2ccccc12. The van der Waals surface area contributed by atoms with Gasteiger partial charge in [0.2, 0.25) is 0 Å². The first kappa shape index (κ1) is 29.9. The molecule has 0 spiro atoms. The van der Waals surface area contributed by atoms with Crippen molar-refractivity contribution in [3.05, 3.63) is 101 Å². The molecule has 0 bridgehead atoms. The van der Waals surface area contributed by atoms with E-state index in [4.69, 9.17) is 0 Å². The Balaban J connectivity index is 0.000000757. The van der Waals surface area contributed by atoms with Gasteiger partial charge in [-0.2, -0.15) is 0 Å². The first-order chi connectivity index (χ1) is 18.3. The summed E-state index contributed by atoms with van der Waals surface area (Å²) in [7, 11) is 1.36. The molecule has 0 aromatic heterocycles. The van der Waals surface area contributed by atoms with E-state index in [1.165, 1.54) is 20.0 Å². The Labute approximate surface area is 222 Å². The number of benzene rings is 3. The van der Waals surface area contributed by atoms with E-state index in [-0.39, 0.29) is 23.7 Å². The third kappa shape index (κ3) is 9.26. The van der Waals surface area contributed by atoms with Crippen molar-refractivity contribution in [2.45, 2.75) is 33.4 Å². The van der Waals surface area contributed by atoms with E-state index < -0.39 is 0 Å². The van der Waals surface area contributed by atoms with Crippen molar-refractivity contribution in [2.24, 2.45) is 0 Å². The quantitative estimate of drug-likeness (QED) is 0.123. The summed E-state index contributed by atoms with van der Waals surface area (Å²) in [5, 5.41) is 5.42. The standard InChI is InChI=1S/C26H29N3O3.C4H4O2/c1-18(26(31)32-3)15-16-27-28-17-21-10-5-7-13-24(21)25(30)29-19(2)22-14-8-11-20-9-4-6-12-23(20)22;1-4(6)2-3-5/h4-15,19,27-28H,16-17H2,1-3H3,(H,29,30);2H,1H3/b18-15+;. The van der Waals surface area contributed by atoms with Gasteiger partial charge >= 0.3 is 5.97 Å². The Morgan fingerprint density at radius 3 is 2.32 bits per heavy atom. The molecule has 8 heteroatoms. The molecule has 0 aliphatic carbocycles. The molecule has 3 aromatic carbocycles. The number of ketones is 1. The molecule has 3 rings (SSSR count). The van der Waals surface area contributed by atoms with Crippen LogP contribution in [-0.4, -0.2) is 37.3 Å². The van der Waals surface area contributed by atoms with Crippen LogP contribution in [0, 0.1) is 0 Å². The van der Waals surface area contributed by atoms with Crippen LogP contribution in [0.15, 0.2) is 84.5 Å². The lowest BCUT2D eigenvalue weighted by Crippen LogP contribution is -2.33. The lowest BCUT2D eigenvalue weighted by molar-refractivity contribution is -0.136. The molecule has 1 atom stereocenters. The monoisotopic (exact) mass is 515 g/mol. The molecule has 3 aromatic rings. The molecule has 0 fully saturated rings. The summed E-state index contributed by atoms with van der Waals surface area (Å²) in [6, 6.07) is 21.7. The number of amides is 1. The summed E-state index contributed by atoms with van der Waals surface area (Å²) in [5.74, 6) is 0.610. The topological polar surface area (TPSA) is 114 Å². The number of hydrogen-bond acceptors (Lipinski definition) is 7. The molecule has 38 heavy (non-hydrogen) atoms. The first-order valence-electron chi connectivity index (χ1n) is 12.1. The van der Waals surface area contributed by atoms with Gasteiger partial charge in [0, 0.05) is 24.2 Å². The number of hydrogen-bond donors (Lipinski definition) is 3. The zero-order chi connectivity index (χ0) is 27.9. The largest absolute Gasteiger partial charge is 0.466 e. The summed E-state index contributed by atoms with van der Waals surface area (Å²) < 4.78 is 4.67. The minimum Gasteiger partial charge on any atom is -0.466 e. The summed E-state index contributed by atoms with van der Waals surface area (Å²) in [6.07, 6.45) is 2.59. The molecular formula is C30H33N3O5. The number of fused-ring (bicyclic) bond motifs is 1. The molecule has 0 aliphatic heterocycles. The van der Waals surface area contributed by atoms with Crippen LogP contribution >= 0.6 is 0 Å². The van der Waals surface area contributed by atoms with Crippen LogP contribution in [0.25, 0.3) is 10.8 Å². The molecule has 1 unspecified atom stereocenters. The molecule has 0 saturated carbocycles. The van der Waals surface area contributed by atoms with Crippen molar-refractivity contribution in [1.82, 2.24) is 16.2 Å². The second-order valence-electron chi connectivity index (χ2n) is 8.41. The molecule has 0 aliphatic rings. The smallest absolute Gasteiger partial charge is 0.333 e.